The van der Waals surface area contributed by atoms with E-state index in [1.54, 1.807) is 11.3 Å². The van der Waals surface area contributed by atoms with E-state index in [9.17, 15) is 4.79 Å². The Kier molecular flexibility index (Phi) is 4.78. The molecule has 3 rings (SSSR count). The van der Waals surface area contributed by atoms with Gasteiger partial charge in [0, 0.05) is 36.1 Å². The molecule has 1 aliphatic heterocycles. The first kappa shape index (κ1) is 16.1. The molecule has 1 aromatic heterocycles. The second-order valence-corrected chi connectivity index (χ2v) is 7.53. The first-order valence-electron chi connectivity index (χ1n) is 8.07. The van der Waals surface area contributed by atoms with E-state index >= 15 is 0 Å². The van der Waals surface area contributed by atoms with Crippen LogP contribution in [0.3, 0.4) is 0 Å². The van der Waals surface area contributed by atoms with Crippen molar-refractivity contribution in [2.75, 3.05) is 19.6 Å². The monoisotopic (exact) mass is 329 g/mol. The van der Waals surface area contributed by atoms with Crippen LogP contribution >= 0.6 is 11.3 Å². The first-order chi connectivity index (χ1) is 11.0. The van der Waals surface area contributed by atoms with E-state index in [1.165, 1.54) is 5.56 Å². The maximum absolute atomic E-state index is 12.6. The standard InChI is InChI=1S/C18H23N3OS/c1-12-4-6-15(7-5-12)18-16(23-14(3)20-18)10-17(22)21-9-8-19-13(2)11-21/h4-7,13,19H,8-11H2,1-3H3/t13-/m1/s1. The van der Waals surface area contributed by atoms with E-state index in [2.05, 4.69) is 48.4 Å². The van der Waals surface area contributed by atoms with Crippen LogP contribution in [-0.2, 0) is 11.2 Å². The van der Waals surface area contributed by atoms with Crippen molar-refractivity contribution in [3.05, 3.63) is 39.7 Å². The fourth-order valence-electron chi connectivity index (χ4n) is 2.93. The third-order valence-corrected chi connectivity index (χ3v) is 5.13. The lowest BCUT2D eigenvalue weighted by atomic mass is 10.1. The highest BCUT2D eigenvalue weighted by molar-refractivity contribution is 7.12. The molecule has 23 heavy (non-hydrogen) atoms. The van der Waals surface area contributed by atoms with Gasteiger partial charge in [0.05, 0.1) is 17.1 Å². The second kappa shape index (κ2) is 6.81. The van der Waals surface area contributed by atoms with Gasteiger partial charge in [-0.1, -0.05) is 29.8 Å². The molecule has 1 N–H and O–H groups in total. The molecular formula is C18H23N3OS. The highest BCUT2D eigenvalue weighted by atomic mass is 32.1. The smallest absolute Gasteiger partial charge is 0.228 e. The number of nitrogens with one attached hydrogen (secondary N) is 1. The van der Waals surface area contributed by atoms with E-state index in [0.29, 0.717) is 12.5 Å². The zero-order valence-corrected chi connectivity index (χ0v) is 14.7. The number of aryl methyl sites for hydroxylation is 2. The SMILES string of the molecule is Cc1ccc(-c2nc(C)sc2CC(=O)N2CCN[C@H](C)C2)cc1. The zero-order chi connectivity index (χ0) is 16.4. The topological polar surface area (TPSA) is 45.2 Å². The molecule has 1 amide bonds. The van der Waals surface area contributed by atoms with E-state index < -0.39 is 0 Å². The van der Waals surface area contributed by atoms with Gasteiger partial charge in [0.2, 0.25) is 5.91 Å². The molecule has 122 valence electrons. The van der Waals surface area contributed by atoms with Gasteiger partial charge in [0.1, 0.15) is 0 Å². The Labute approximate surface area is 141 Å². The van der Waals surface area contributed by atoms with Crippen molar-refractivity contribution in [1.82, 2.24) is 15.2 Å². The lowest BCUT2D eigenvalue weighted by Crippen LogP contribution is -2.51. The number of aromatic nitrogens is 1. The Balaban J connectivity index is 1.80. The fourth-order valence-corrected chi connectivity index (χ4v) is 3.88. The Morgan fingerprint density at radius 3 is 2.78 bits per heavy atom. The lowest BCUT2D eigenvalue weighted by molar-refractivity contribution is -0.131. The van der Waals surface area contributed by atoms with Crippen molar-refractivity contribution < 1.29 is 4.79 Å². The fraction of sp³-hybridized carbons (Fsp3) is 0.444. The number of piperazine rings is 1. The minimum absolute atomic E-state index is 0.204. The minimum Gasteiger partial charge on any atom is -0.340 e. The van der Waals surface area contributed by atoms with Crippen molar-refractivity contribution in [2.45, 2.75) is 33.2 Å². The molecule has 2 aromatic rings. The molecule has 2 heterocycles. The lowest BCUT2D eigenvalue weighted by Gasteiger charge is -2.31. The van der Waals surface area contributed by atoms with E-state index in [0.717, 1.165) is 40.8 Å². The summed E-state index contributed by atoms with van der Waals surface area (Å²) in [6, 6.07) is 8.73. The predicted molar refractivity (Wildman–Crippen MR) is 94.8 cm³/mol. The third kappa shape index (κ3) is 3.79. The molecule has 0 radical (unpaired) electrons. The van der Waals surface area contributed by atoms with E-state index in [4.69, 9.17) is 0 Å². The number of nitrogens with zero attached hydrogens (tertiary/aromatic N) is 2. The van der Waals surface area contributed by atoms with Gasteiger partial charge in [-0.15, -0.1) is 11.3 Å². The van der Waals surface area contributed by atoms with Gasteiger partial charge in [-0.05, 0) is 20.8 Å². The summed E-state index contributed by atoms with van der Waals surface area (Å²) < 4.78 is 0. The van der Waals surface area contributed by atoms with Crippen LogP contribution < -0.4 is 5.32 Å². The van der Waals surface area contributed by atoms with Crippen LogP contribution in [0, 0.1) is 13.8 Å². The summed E-state index contributed by atoms with van der Waals surface area (Å²) in [5, 5.41) is 4.38. The molecule has 0 unspecified atom stereocenters. The van der Waals surface area contributed by atoms with Crippen LogP contribution in [0.15, 0.2) is 24.3 Å². The van der Waals surface area contributed by atoms with Crippen molar-refractivity contribution >= 4 is 17.2 Å². The van der Waals surface area contributed by atoms with Gasteiger partial charge >= 0.3 is 0 Å². The van der Waals surface area contributed by atoms with E-state index in [1.807, 2.05) is 11.8 Å². The highest BCUT2D eigenvalue weighted by Crippen LogP contribution is 2.29. The molecule has 1 saturated heterocycles. The highest BCUT2D eigenvalue weighted by Gasteiger charge is 2.22. The Morgan fingerprint density at radius 1 is 1.35 bits per heavy atom. The molecule has 0 bridgehead atoms. The second-order valence-electron chi connectivity index (χ2n) is 6.24. The summed E-state index contributed by atoms with van der Waals surface area (Å²) in [5.74, 6) is 0.204. The van der Waals surface area contributed by atoms with Gasteiger partial charge < -0.3 is 10.2 Å². The Hall–Kier alpha value is -1.72. The minimum atomic E-state index is 0.204. The average molecular weight is 329 g/mol. The Morgan fingerprint density at radius 2 is 2.09 bits per heavy atom. The van der Waals surface area contributed by atoms with Crippen molar-refractivity contribution in [3.63, 3.8) is 0 Å². The summed E-state index contributed by atoms with van der Waals surface area (Å²) in [5.41, 5.74) is 3.29. The van der Waals surface area contributed by atoms with Crippen LogP contribution in [-0.4, -0.2) is 41.5 Å². The molecule has 5 heteroatoms. The molecule has 0 saturated carbocycles. The summed E-state index contributed by atoms with van der Waals surface area (Å²) in [6.07, 6.45) is 0.446. The molecule has 1 atom stereocenters. The molecule has 0 aliphatic carbocycles. The summed E-state index contributed by atoms with van der Waals surface area (Å²) in [7, 11) is 0. The number of hydrogen-bond acceptors (Lipinski definition) is 4. The van der Waals surface area contributed by atoms with Crippen molar-refractivity contribution in [2.24, 2.45) is 0 Å². The number of benzene rings is 1. The van der Waals surface area contributed by atoms with E-state index in [-0.39, 0.29) is 5.91 Å². The maximum atomic E-state index is 12.6. The predicted octanol–water partition coefficient (Wildman–Crippen LogP) is 2.79. The van der Waals surface area contributed by atoms with Crippen molar-refractivity contribution in [1.29, 1.82) is 0 Å². The summed E-state index contributed by atoms with van der Waals surface area (Å²) in [4.78, 5) is 20.3. The van der Waals surface area contributed by atoms with Gasteiger partial charge in [-0.3, -0.25) is 4.79 Å². The van der Waals surface area contributed by atoms with Gasteiger partial charge in [-0.2, -0.15) is 0 Å². The summed E-state index contributed by atoms with van der Waals surface area (Å²) >= 11 is 1.63. The number of thiazole rings is 1. The van der Waals surface area contributed by atoms with Gasteiger partial charge in [-0.25, -0.2) is 4.98 Å². The van der Waals surface area contributed by atoms with Crippen LogP contribution in [0.4, 0.5) is 0 Å². The van der Waals surface area contributed by atoms with Gasteiger partial charge in [0.15, 0.2) is 0 Å². The molecule has 1 aliphatic rings. The molecule has 1 aromatic carbocycles. The largest absolute Gasteiger partial charge is 0.340 e. The third-order valence-electron chi connectivity index (χ3n) is 4.16. The number of carbonyl (C=O) groups excluding carboxylic acids is 1. The van der Waals surface area contributed by atoms with Gasteiger partial charge in [0.25, 0.3) is 0 Å². The van der Waals surface area contributed by atoms with Crippen LogP contribution in [0.2, 0.25) is 0 Å². The normalized spacial score (nSPS) is 18.2. The molecule has 1 fully saturated rings. The van der Waals surface area contributed by atoms with Crippen LogP contribution in [0.25, 0.3) is 11.3 Å². The van der Waals surface area contributed by atoms with Crippen molar-refractivity contribution in [3.8, 4) is 11.3 Å². The Bertz CT molecular complexity index is 693. The number of carbonyl (C=O) groups is 1. The molecular weight excluding hydrogens is 306 g/mol. The number of hydrogen-bond donors (Lipinski definition) is 1. The number of rotatable bonds is 3. The zero-order valence-electron chi connectivity index (χ0n) is 13.9. The average Bonchev–Trinajstić information content (AvgIpc) is 2.88. The molecule has 0 spiro atoms. The van der Waals surface area contributed by atoms with Crippen LogP contribution in [0.1, 0.15) is 22.4 Å². The summed E-state index contributed by atoms with van der Waals surface area (Å²) in [6.45, 7) is 8.65. The first-order valence-corrected chi connectivity index (χ1v) is 8.89. The van der Waals surface area contributed by atoms with Crippen LogP contribution in [0.5, 0.6) is 0 Å². The quantitative estimate of drug-likeness (QED) is 0.942. The number of amides is 1. The molecule has 4 nitrogen and oxygen atoms in total. The maximum Gasteiger partial charge on any atom is 0.228 e.